The van der Waals surface area contributed by atoms with Crippen molar-refractivity contribution in [2.75, 3.05) is 0 Å². The highest BCUT2D eigenvalue weighted by Crippen LogP contribution is 2.28. The number of phenols is 1. The van der Waals surface area contributed by atoms with Crippen molar-refractivity contribution in [2.45, 2.75) is 6.54 Å². The summed E-state index contributed by atoms with van der Waals surface area (Å²) in [6, 6.07) is 3.11. The van der Waals surface area contributed by atoms with E-state index in [4.69, 9.17) is 5.73 Å². The predicted molar refractivity (Wildman–Crippen MR) is 56.3 cm³/mol. The van der Waals surface area contributed by atoms with E-state index < -0.39 is 0 Å². The fraction of sp³-hybridized carbons (Fsp3) is 0.125. The summed E-state index contributed by atoms with van der Waals surface area (Å²) in [5, 5.41) is 9.37. The minimum absolute atomic E-state index is 0. The zero-order valence-electron chi connectivity index (χ0n) is 6.66. The summed E-state index contributed by atoms with van der Waals surface area (Å²) in [7, 11) is 0. The normalized spacial score (nSPS) is 9.08. The van der Waals surface area contributed by atoms with Crippen LogP contribution in [0.3, 0.4) is 0 Å². The molecule has 0 fully saturated rings. The minimum Gasteiger partial charge on any atom is -0.506 e. The van der Waals surface area contributed by atoms with Gasteiger partial charge in [-0.1, -0.05) is 0 Å². The zero-order valence-corrected chi connectivity index (χ0v) is 9.06. The summed E-state index contributed by atoms with van der Waals surface area (Å²) in [6.45, 7) is 0.214. The molecule has 0 radical (unpaired) electrons. The maximum Gasteiger partial charge on any atom is 0.150 e. The van der Waals surface area contributed by atoms with Crippen LogP contribution in [0, 0.1) is 0 Å². The highest BCUT2D eigenvalue weighted by Gasteiger charge is 2.05. The zero-order chi connectivity index (χ0) is 9.14. The van der Waals surface area contributed by atoms with Crippen LogP contribution in [-0.4, -0.2) is 11.4 Å². The van der Waals surface area contributed by atoms with E-state index in [1.165, 1.54) is 0 Å². The molecule has 0 atom stereocenters. The largest absolute Gasteiger partial charge is 0.506 e. The van der Waals surface area contributed by atoms with Crippen LogP contribution in [0.4, 0.5) is 0 Å². The summed E-state index contributed by atoms with van der Waals surface area (Å²) in [5.41, 5.74) is 6.41. The first kappa shape index (κ1) is 12.4. The number of hydrogen-bond donors (Lipinski definition) is 2. The first-order chi connectivity index (χ1) is 5.69. The van der Waals surface area contributed by atoms with Crippen LogP contribution >= 0.6 is 28.3 Å². The van der Waals surface area contributed by atoms with Crippen LogP contribution < -0.4 is 5.73 Å². The number of carbonyl (C=O) groups excluding carboxylic acids is 1. The Bertz CT molecular complexity index is 317. The molecular formula is C8H9BrClNO2. The van der Waals surface area contributed by atoms with Gasteiger partial charge in [0.05, 0.1) is 4.47 Å². The number of aromatic hydroxyl groups is 1. The molecule has 0 saturated carbocycles. The fourth-order valence-electron chi connectivity index (χ4n) is 0.903. The van der Waals surface area contributed by atoms with Gasteiger partial charge in [-0.05, 0) is 28.1 Å². The Balaban J connectivity index is 0.00000144. The second kappa shape index (κ2) is 5.21. The molecule has 1 rings (SSSR count). The van der Waals surface area contributed by atoms with E-state index in [1.807, 2.05) is 0 Å². The molecule has 0 spiro atoms. The molecule has 0 heterocycles. The lowest BCUT2D eigenvalue weighted by Gasteiger charge is -2.04. The molecule has 0 aromatic heterocycles. The third kappa shape index (κ3) is 2.69. The van der Waals surface area contributed by atoms with Crippen LogP contribution in [0.5, 0.6) is 5.75 Å². The third-order valence-corrected chi connectivity index (χ3v) is 2.13. The number of hydrogen-bond acceptors (Lipinski definition) is 3. The molecule has 1 aromatic rings. The van der Waals surface area contributed by atoms with E-state index in [0.29, 0.717) is 21.9 Å². The van der Waals surface area contributed by atoms with Crippen molar-refractivity contribution in [2.24, 2.45) is 5.73 Å². The number of phenolic OH excluding ortho intramolecular Hbond substituents is 1. The number of halogens is 2. The van der Waals surface area contributed by atoms with E-state index in [2.05, 4.69) is 15.9 Å². The smallest absolute Gasteiger partial charge is 0.150 e. The first-order valence-corrected chi connectivity index (χ1v) is 4.15. The molecule has 1 aromatic carbocycles. The standard InChI is InChI=1S/C8H8BrNO2.ClH/c9-7-2-5(4-11)1-6(3-10)8(7)12;/h1-2,4,12H,3,10H2;1H. The van der Waals surface area contributed by atoms with Crippen molar-refractivity contribution in [3.8, 4) is 5.75 Å². The summed E-state index contributed by atoms with van der Waals surface area (Å²) in [6.07, 6.45) is 0.712. The SMILES string of the molecule is Cl.NCc1cc(C=O)cc(Br)c1O. The minimum atomic E-state index is 0. The lowest BCUT2D eigenvalue weighted by atomic mass is 10.1. The molecule has 3 nitrogen and oxygen atoms in total. The summed E-state index contributed by atoms with van der Waals surface area (Å²) in [5.74, 6) is 0.100. The van der Waals surface area contributed by atoms with Gasteiger partial charge in [0, 0.05) is 17.7 Å². The van der Waals surface area contributed by atoms with Crippen molar-refractivity contribution in [1.29, 1.82) is 0 Å². The quantitative estimate of drug-likeness (QED) is 0.803. The number of rotatable bonds is 2. The molecule has 5 heteroatoms. The van der Waals surface area contributed by atoms with Crippen molar-refractivity contribution in [3.05, 3.63) is 27.7 Å². The van der Waals surface area contributed by atoms with Crippen molar-refractivity contribution >= 4 is 34.6 Å². The van der Waals surface area contributed by atoms with Crippen LogP contribution in [0.1, 0.15) is 15.9 Å². The van der Waals surface area contributed by atoms with Crippen molar-refractivity contribution < 1.29 is 9.90 Å². The Morgan fingerprint density at radius 1 is 1.54 bits per heavy atom. The molecule has 72 valence electrons. The average Bonchev–Trinajstić information content (AvgIpc) is 2.09. The van der Waals surface area contributed by atoms with Gasteiger partial charge in [0.25, 0.3) is 0 Å². The lowest BCUT2D eigenvalue weighted by Crippen LogP contribution is -1.98. The van der Waals surface area contributed by atoms with Crippen LogP contribution in [0.25, 0.3) is 0 Å². The van der Waals surface area contributed by atoms with Crippen molar-refractivity contribution in [3.63, 3.8) is 0 Å². The van der Waals surface area contributed by atoms with E-state index in [-0.39, 0.29) is 24.7 Å². The van der Waals surface area contributed by atoms with Crippen LogP contribution in [0.2, 0.25) is 0 Å². The Kier molecular flexibility index (Phi) is 4.98. The third-order valence-electron chi connectivity index (χ3n) is 1.52. The molecule has 0 aliphatic rings. The summed E-state index contributed by atoms with van der Waals surface area (Å²) >= 11 is 3.11. The van der Waals surface area contributed by atoms with Gasteiger partial charge in [-0.2, -0.15) is 0 Å². The molecule has 13 heavy (non-hydrogen) atoms. The Morgan fingerprint density at radius 2 is 2.15 bits per heavy atom. The average molecular weight is 267 g/mol. The molecule has 0 unspecified atom stereocenters. The predicted octanol–water partition coefficient (Wildman–Crippen LogP) is 1.85. The summed E-state index contributed by atoms with van der Waals surface area (Å²) < 4.78 is 0.493. The van der Waals surface area contributed by atoms with Gasteiger partial charge in [0.2, 0.25) is 0 Å². The molecule has 0 saturated heterocycles. The highest BCUT2D eigenvalue weighted by molar-refractivity contribution is 9.10. The van der Waals surface area contributed by atoms with Crippen LogP contribution in [-0.2, 0) is 6.54 Å². The van der Waals surface area contributed by atoms with Crippen molar-refractivity contribution in [1.82, 2.24) is 0 Å². The topological polar surface area (TPSA) is 63.3 Å². The Hall–Kier alpha value is -0.580. The van der Waals surface area contributed by atoms with Crippen LogP contribution in [0.15, 0.2) is 16.6 Å². The fourth-order valence-corrected chi connectivity index (χ4v) is 1.42. The van der Waals surface area contributed by atoms with E-state index >= 15 is 0 Å². The maximum atomic E-state index is 10.4. The second-order valence-corrected chi connectivity index (χ2v) is 3.19. The van der Waals surface area contributed by atoms with Gasteiger partial charge in [-0.3, -0.25) is 4.79 Å². The second-order valence-electron chi connectivity index (χ2n) is 2.33. The number of nitrogens with two attached hydrogens (primary N) is 1. The number of carbonyl (C=O) groups is 1. The molecule has 0 amide bonds. The Morgan fingerprint density at radius 3 is 2.62 bits per heavy atom. The number of benzene rings is 1. The highest BCUT2D eigenvalue weighted by atomic mass is 79.9. The van der Waals surface area contributed by atoms with Gasteiger partial charge in [-0.15, -0.1) is 12.4 Å². The van der Waals surface area contributed by atoms with Gasteiger partial charge < -0.3 is 10.8 Å². The maximum absolute atomic E-state index is 10.4. The molecule has 0 aliphatic heterocycles. The van der Waals surface area contributed by atoms with E-state index in [9.17, 15) is 9.90 Å². The summed E-state index contributed by atoms with van der Waals surface area (Å²) in [4.78, 5) is 10.4. The molecule has 3 N–H and O–H groups in total. The molecule has 0 bridgehead atoms. The van der Waals surface area contributed by atoms with E-state index in [1.54, 1.807) is 12.1 Å². The first-order valence-electron chi connectivity index (χ1n) is 3.35. The van der Waals surface area contributed by atoms with E-state index in [0.717, 1.165) is 0 Å². The van der Waals surface area contributed by atoms with Gasteiger partial charge in [0.15, 0.2) is 0 Å². The molecular weight excluding hydrogens is 257 g/mol. The lowest BCUT2D eigenvalue weighted by molar-refractivity contribution is 0.112. The molecule has 0 aliphatic carbocycles. The Labute approximate surface area is 90.5 Å². The number of aldehydes is 1. The van der Waals surface area contributed by atoms with Gasteiger partial charge in [0.1, 0.15) is 12.0 Å². The van der Waals surface area contributed by atoms with Gasteiger partial charge >= 0.3 is 0 Å². The monoisotopic (exact) mass is 265 g/mol. The van der Waals surface area contributed by atoms with Gasteiger partial charge in [-0.25, -0.2) is 0 Å².